The van der Waals surface area contributed by atoms with Crippen LogP contribution >= 0.6 is 0 Å². The molecule has 12 heavy (non-hydrogen) atoms. The van der Waals surface area contributed by atoms with Crippen LogP contribution in [0.2, 0.25) is 0 Å². The average Bonchev–Trinajstić information content (AvgIpc) is 2.52. The van der Waals surface area contributed by atoms with Gasteiger partial charge >= 0.3 is 0 Å². The Morgan fingerprint density at radius 2 is 2.08 bits per heavy atom. The molecule has 2 heteroatoms. The van der Waals surface area contributed by atoms with Gasteiger partial charge in [0, 0.05) is 6.42 Å². The van der Waals surface area contributed by atoms with Crippen molar-refractivity contribution in [3.8, 4) is 0 Å². The lowest BCUT2D eigenvalue weighted by atomic mass is 10.0. The third kappa shape index (κ3) is 1.69. The summed E-state index contributed by atoms with van der Waals surface area (Å²) >= 11 is 0. The third-order valence-corrected chi connectivity index (χ3v) is 2.23. The Bertz CT molecular complexity index is 248. The maximum absolute atomic E-state index is 9.81. The summed E-state index contributed by atoms with van der Waals surface area (Å²) in [6.07, 6.45) is 1.55. The summed E-state index contributed by atoms with van der Waals surface area (Å²) < 4.78 is 5.44. The van der Waals surface area contributed by atoms with Gasteiger partial charge in [-0.1, -0.05) is 13.8 Å². The second kappa shape index (κ2) is 3.31. The maximum atomic E-state index is 9.81. The lowest BCUT2D eigenvalue weighted by Gasteiger charge is -2.17. The fraction of sp³-hybridized carbons (Fsp3) is 0.600. The van der Waals surface area contributed by atoms with E-state index < -0.39 is 5.60 Å². The molecule has 0 saturated carbocycles. The molecule has 68 valence electrons. The van der Waals surface area contributed by atoms with Crippen molar-refractivity contribution in [2.75, 3.05) is 0 Å². The SMILES string of the molecule is CCc1ccc(C(C)(O)CC)o1. The highest BCUT2D eigenvalue weighted by atomic mass is 16.4. The standard InChI is InChI=1S/C10H16O2/c1-4-8-6-7-9(12-8)10(3,11)5-2/h6-7,11H,4-5H2,1-3H3. The minimum atomic E-state index is -0.812. The van der Waals surface area contributed by atoms with Crippen LogP contribution in [0.15, 0.2) is 16.5 Å². The van der Waals surface area contributed by atoms with E-state index in [1.165, 1.54) is 0 Å². The van der Waals surface area contributed by atoms with Gasteiger partial charge in [0.25, 0.3) is 0 Å². The van der Waals surface area contributed by atoms with Crippen LogP contribution in [0.25, 0.3) is 0 Å². The molecule has 0 saturated heterocycles. The molecule has 0 aliphatic rings. The summed E-state index contributed by atoms with van der Waals surface area (Å²) in [6.45, 7) is 5.74. The molecular formula is C10H16O2. The van der Waals surface area contributed by atoms with E-state index in [1.807, 2.05) is 26.0 Å². The van der Waals surface area contributed by atoms with Crippen LogP contribution in [-0.2, 0) is 12.0 Å². The van der Waals surface area contributed by atoms with Gasteiger partial charge in [0.05, 0.1) is 0 Å². The molecule has 0 fully saturated rings. The van der Waals surface area contributed by atoms with E-state index in [0.29, 0.717) is 12.2 Å². The van der Waals surface area contributed by atoms with Crippen molar-refractivity contribution in [3.05, 3.63) is 23.7 Å². The molecule has 0 radical (unpaired) electrons. The number of aryl methyl sites for hydroxylation is 1. The Labute approximate surface area is 73.2 Å². The molecule has 0 spiro atoms. The van der Waals surface area contributed by atoms with E-state index in [1.54, 1.807) is 6.92 Å². The first-order valence-corrected chi connectivity index (χ1v) is 4.41. The Morgan fingerprint density at radius 3 is 2.50 bits per heavy atom. The summed E-state index contributed by atoms with van der Waals surface area (Å²) in [4.78, 5) is 0. The third-order valence-electron chi connectivity index (χ3n) is 2.23. The first-order valence-electron chi connectivity index (χ1n) is 4.41. The van der Waals surface area contributed by atoms with Crippen LogP contribution < -0.4 is 0 Å². The first-order chi connectivity index (χ1) is 5.60. The number of furan rings is 1. The quantitative estimate of drug-likeness (QED) is 0.752. The number of hydrogen-bond donors (Lipinski definition) is 1. The molecule has 1 aromatic rings. The highest BCUT2D eigenvalue weighted by Crippen LogP contribution is 2.25. The molecule has 1 unspecified atom stereocenters. The molecular weight excluding hydrogens is 152 g/mol. The molecule has 1 heterocycles. The van der Waals surface area contributed by atoms with Crippen molar-refractivity contribution in [1.29, 1.82) is 0 Å². The van der Waals surface area contributed by atoms with Gasteiger partial charge in [-0.25, -0.2) is 0 Å². The highest BCUT2D eigenvalue weighted by Gasteiger charge is 2.23. The summed E-state index contributed by atoms with van der Waals surface area (Å²) in [7, 11) is 0. The van der Waals surface area contributed by atoms with Crippen LogP contribution in [0.4, 0.5) is 0 Å². The van der Waals surface area contributed by atoms with Crippen molar-refractivity contribution in [2.24, 2.45) is 0 Å². The van der Waals surface area contributed by atoms with Gasteiger partial charge in [0.15, 0.2) is 0 Å². The molecule has 1 atom stereocenters. The zero-order valence-corrected chi connectivity index (χ0v) is 7.92. The summed E-state index contributed by atoms with van der Waals surface area (Å²) in [5, 5.41) is 9.81. The molecule has 0 aromatic carbocycles. The van der Waals surface area contributed by atoms with Gasteiger partial charge in [-0.2, -0.15) is 0 Å². The van der Waals surface area contributed by atoms with Crippen LogP contribution in [0.1, 0.15) is 38.7 Å². The molecule has 0 bridgehead atoms. The van der Waals surface area contributed by atoms with Crippen molar-refractivity contribution in [3.63, 3.8) is 0 Å². The molecule has 2 nitrogen and oxygen atoms in total. The van der Waals surface area contributed by atoms with Gasteiger partial charge in [-0.3, -0.25) is 0 Å². The fourth-order valence-corrected chi connectivity index (χ4v) is 1.03. The minimum absolute atomic E-state index is 0.668. The number of aliphatic hydroxyl groups is 1. The first kappa shape index (κ1) is 9.33. The van der Waals surface area contributed by atoms with Crippen LogP contribution in [-0.4, -0.2) is 5.11 Å². The zero-order valence-electron chi connectivity index (χ0n) is 7.92. The highest BCUT2D eigenvalue weighted by molar-refractivity contribution is 5.12. The maximum Gasteiger partial charge on any atom is 0.135 e. The predicted octanol–water partition coefficient (Wildman–Crippen LogP) is 2.46. The monoisotopic (exact) mass is 168 g/mol. The zero-order chi connectivity index (χ0) is 9.19. The van der Waals surface area contributed by atoms with Crippen molar-refractivity contribution >= 4 is 0 Å². The van der Waals surface area contributed by atoms with Gasteiger partial charge < -0.3 is 9.52 Å². The fourth-order valence-electron chi connectivity index (χ4n) is 1.03. The Balaban J connectivity index is 2.88. The van der Waals surface area contributed by atoms with Gasteiger partial charge in [-0.15, -0.1) is 0 Å². The van der Waals surface area contributed by atoms with Gasteiger partial charge in [0.2, 0.25) is 0 Å². The Morgan fingerprint density at radius 1 is 1.42 bits per heavy atom. The summed E-state index contributed by atoms with van der Waals surface area (Å²) in [6, 6.07) is 3.77. The Hall–Kier alpha value is -0.760. The molecule has 1 aromatic heterocycles. The number of hydrogen-bond acceptors (Lipinski definition) is 2. The summed E-state index contributed by atoms with van der Waals surface area (Å²) in [5.41, 5.74) is -0.812. The van der Waals surface area contributed by atoms with Crippen LogP contribution in [0.3, 0.4) is 0 Å². The molecule has 0 aliphatic heterocycles. The smallest absolute Gasteiger partial charge is 0.135 e. The normalized spacial score (nSPS) is 16.0. The lowest BCUT2D eigenvalue weighted by molar-refractivity contribution is 0.0292. The number of rotatable bonds is 3. The lowest BCUT2D eigenvalue weighted by Crippen LogP contribution is -2.18. The largest absolute Gasteiger partial charge is 0.463 e. The summed E-state index contributed by atoms with van der Waals surface area (Å²) in [5.74, 6) is 1.60. The predicted molar refractivity (Wildman–Crippen MR) is 47.9 cm³/mol. The average molecular weight is 168 g/mol. The molecule has 1 rings (SSSR count). The molecule has 0 amide bonds. The van der Waals surface area contributed by atoms with Crippen molar-refractivity contribution in [2.45, 2.75) is 39.2 Å². The van der Waals surface area contributed by atoms with E-state index in [2.05, 4.69) is 0 Å². The van der Waals surface area contributed by atoms with Gasteiger partial charge in [0.1, 0.15) is 17.1 Å². The van der Waals surface area contributed by atoms with Crippen molar-refractivity contribution < 1.29 is 9.52 Å². The second-order valence-corrected chi connectivity index (χ2v) is 3.25. The van der Waals surface area contributed by atoms with E-state index in [4.69, 9.17) is 4.42 Å². The van der Waals surface area contributed by atoms with Crippen LogP contribution in [0.5, 0.6) is 0 Å². The van der Waals surface area contributed by atoms with E-state index >= 15 is 0 Å². The Kier molecular flexibility index (Phi) is 2.58. The van der Waals surface area contributed by atoms with E-state index in [0.717, 1.165) is 12.2 Å². The molecule has 1 N–H and O–H groups in total. The van der Waals surface area contributed by atoms with Crippen LogP contribution in [0, 0.1) is 0 Å². The van der Waals surface area contributed by atoms with E-state index in [-0.39, 0.29) is 0 Å². The van der Waals surface area contributed by atoms with Gasteiger partial charge in [-0.05, 0) is 25.5 Å². The molecule has 0 aliphatic carbocycles. The van der Waals surface area contributed by atoms with Crippen molar-refractivity contribution in [1.82, 2.24) is 0 Å². The van der Waals surface area contributed by atoms with E-state index in [9.17, 15) is 5.11 Å². The topological polar surface area (TPSA) is 33.4 Å². The second-order valence-electron chi connectivity index (χ2n) is 3.25. The minimum Gasteiger partial charge on any atom is -0.463 e.